The van der Waals surface area contributed by atoms with Crippen molar-refractivity contribution in [3.8, 4) is 0 Å². The number of thioether (sulfide) groups is 1. The Bertz CT molecular complexity index is 511. The van der Waals surface area contributed by atoms with Crippen LogP contribution in [0.2, 0.25) is 0 Å². The quantitative estimate of drug-likeness (QED) is 0.570. The van der Waals surface area contributed by atoms with Crippen LogP contribution in [0.3, 0.4) is 0 Å². The summed E-state index contributed by atoms with van der Waals surface area (Å²) in [4.78, 5) is 26.1. The van der Waals surface area contributed by atoms with E-state index in [-0.39, 0.29) is 0 Å². The predicted molar refractivity (Wildman–Crippen MR) is 77.8 cm³/mol. The number of hydrogen-bond donors (Lipinski definition) is 2. The van der Waals surface area contributed by atoms with Crippen LogP contribution in [0.25, 0.3) is 0 Å². The van der Waals surface area contributed by atoms with Crippen molar-refractivity contribution in [2.45, 2.75) is 50.1 Å². The molecule has 1 aromatic heterocycles. The molecule has 1 rings (SSSR count). The number of aromatic nitrogens is 3. The van der Waals surface area contributed by atoms with Crippen LogP contribution >= 0.6 is 11.8 Å². The van der Waals surface area contributed by atoms with Gasteiger partial charge in [-0.15, -0.1) is 0 Å². The Morgan fingerprint density at radius 3 is 2.74 bits per heavy atom. The van der Waals surface area contributed by atoms with Crippen LogP contribution < -0.4 is 16.4 Å². The van der Waals surface area contributed by atoms with Crippen LogP contribution in [0.1, 0.15) is 33.6 Å². The second-order valence-corrected chi connectivity index (χ2v) is 6.12. The summed E-state index contributed by atoms with van der Waals surface area (Å²) in [7, 11) is 1.68. The first-order chi connectivity index (χ1) is 8.93. The van der Waals surface area contributed by atoms with Crippen molar-refractivity contribution < 1.29 is 0 Å². The van der Waals surface area contributed by atoms with Gasteiger partial charge in [-0.3, -0.25) is 19.4 Å². The molecule has 2 unspecified atom stereocenters. The highest BCUT2D eigenvalue weighted by atomic mass is 32.2. The first-order valence-electron chi connectivity index (χ1n) is 6.51. The molecule has 1 heterocycles. The molecule has 19 heavy (non-hydrogen) atoms. The highest BCUT2D eigenvalue weighted by Gasteiger charge is 2.13. The van der Waals surface area contributed by atoms with Crippen molar-refractivity contribution in [3.05, 3.63) is 20.7 Å². The van der Waals surface area contributed by atoms with E-state index in [1.807, 2.05) is 0 Å². The first-order valence-corrected chi connectivity index (χ1v) is 7.39. The zero-order chi connectivity index (χ0) is 14.4. The molecule has 0 bridgehead atoms. The van der Waals surface area contributed by atoms with E-state index in [4.69, 9.17) is 0 Å². The Hall–Kier alpha value is -1.08. The van der Waals surface area contributed by atoms with Crippen LogP contribution in [0.4, 0.5) is 0 Å². The Morgan fingerprint density at radius 1 is 1.42 bits per heavy atom. The smallest absolute Gasteiger partial charge is 0.314 e. The van der Waals surface area contributed by atoms with E-state index >= 15 is 0 Å². The second-order valence-electron chi connectivity index (χ2n) is 4.72. The summed E-state index contributed by atoms with van der Waals surface area (Å²) in [6, 6.07) is 0.419. The number of aromatic amines is 1. The van der Waals surface area contributed by atoms with Gasteiger partial charge in [0.05, 0.1) is 0 Å². The maximum atomic E-state index is 11.2. The molecule has 7 heteroatoms. The van der Waals surface area contributed by atoms with Gasteiger partial charge in [0, 0.05) is 18.3 Å². The predicted octanol–water partition coefficient (Wildman–Crippen LogP) is 0.727. The topological polar surface area (TPSA) is 79.8 Å². The lowest BCUT2D eigenvalue weighted by Gasteiger charge is -2.18. The van der Waals surface area contributed by atoms with Gasteiger partial charge >= 0.3 is 11.1 Å². The number of aryl methyl sites for hydroxylation is 1. The Balaban J connectivity index is 2.62. The minimum absolute atomic E-state index is 0.309. The third kappa shape index (κ3) is 5.20. The van der Waals surface area contributed by atoms with Gasteiger partial charge in [0.15, 0.2) is 5.16 Å². The summed E-state index contributed by atoms with van der Waals surface area (Å²) >= 11 is 1.50. The second kappa shape index (κ2) is 7.49. The average molecular weight is 286 g/mol. The van der Waals surface area contributed by atoms with E-state index in [1.54, 1.807) is 7.05 Å². The molecule has 2 N–H and O–H groups in total. The lowest BCUT2D eigenvalue weighted by atomic mass is 10.2. The van der Waals surface area contributed by atoms with Crippen LogP contribution in [0, 0.1) is 0 Å². The van der Waals surface area contributed by atoms with Gasteiger partial charge in [0.1, 0.15) is 0 Å². The van der Waals surface area contributed by atoms with Crippen LogP contribution in [-0.2, 0) is 7.05 Å². The van der Waals surface area contributed by atoms with Crippen molar-refractivity contribution in [2.24, 2.45) is 7.05 Å². The summed E-state index contributed by atoms with van der Waals surface area (Å²) in [6.45, 7) is 7.38. The maximum Gasteiger partial charge on any atom is 0.339 e. The van der Waals surface area contributed by atoms with Gasteiger partial charge in [-0.25, -0.2) is 0 Å². The van der Waals surface area contributed by atoms with Crippen molar-refractivity contribution in [1.29, 1.82) is 0 Å². The number of nitrogens with zero attached hydrogens (tertiary/aromatic N) is 2. The summed E-state index contributed by atoms with van der Waals surface area (Å²) in [5.74, 6) is 0. The minimum atomic E-state index is -0.732. The molecule has 0 aromatic carbocycles. The molecule has 0 aliphatic rings. The standard InChI is InChI=1S/C12H22N4O2S/c1-5-6-13-8(2)7-9(3)19-12-14-10(17)11(18)15-16(12)4/h8-9,13H,5-7H2,1-4H3,(H,15,18). The van der Waals surface area contributed by atoms with E-state index in [1.165, 1.54) is 16.4 Å². The van der Waals surface area contributed by atoms with Crippen molar-refractivity contribution in [3.63, 3.8) is 0 Å². The van der Waals surface area contributed by atoms with Crippen molar-refractivity contribution in [1.82, 2.24) is 20.1 Å². The minimum Gasteiger partial charge on any atom is -0.314 e. The molecule has 0 saturated heterocycles. The van der Waals surface area contributed by atoms with E-state index in [9.17, 15) is 9.59 Å². The number of hydrogen-bond acceptors (Lipinski definition) is 5. The van der Waals surface area contributed by atoms with Crippen molar-refractivity contribution in [2.75, 3.05) is 6.54 Å². The van der Waals surface area contributed by atoms with E-state index in [0.717, 1.165) is 19.4 Å². The molecule has 0 radical (unpaired) electrons. The van der Waals surface area contributed by atoms with E-state index in [2.05, 4.69) is 36.2 Å². The SMILES string of the molecule is CCCNC(C)CC(C)Sc1nc(=O)c(=O)[nH]n1C. The fourth-order valence-corrected chi connectivity index (χ4v) is 2.85. The zero-order valence-corrected chi connectivity index (χ0v) is 12.7. The number of nitrogens with one attached hydrogen (secondary N) is 2. The molecular formula is C12H22N4O2S. The maximum absolute atomic E-state index is 11.2. The van der Waals surface area contributed by atoms with Gasteiger partial charge < -0.3 is 5.32 Å². The van der Waals surface area contributed by atoms with Crippen LogP contribution in [-0.4, -0.2) is 32.6 Å². The van der Waals surface area contributed by atoms with Crippen LogP contribution in [0.15, 0.2) is 14.7 Å². The molecule has 6 nitrogen and oxygen atoms in total. The first kappa shape index (κ1) is 16.0. The summed E-state index contributed by atoms with van der Waals surface area (Å²) < 4.78 is 1.50. The van der Waals surface area contributed by atoms with E-state index in [0.29, 0.717) is 16.4 Å². The fourth-order valence-electron chi connectivity index (χ4n) is 1.77. The third-order valence-electron chi connectivity index (χ3n) is 2.68. The van der Waals surface area contributed by atoms with Gasteiger partial charge in [-0.2, -0.15) is 4.98 Å². The molecule has 0 fully saturated rings. The van der Waals surface area contributed by atoms with Gasteiger partial charge in [-0.1, -0.05) is 25.6 Å². The molecule has 2 atom stereocenters. The summed E-state index contributed by atoms with van der Waals surface area (Å²) in [5.41, 5.74) is -1.41. The fraction of sp³-hybridized carbons (Fsp3) is 0.750. The summed E-state index contributed by atoms with van der Waals surface area (Å²) in [6.07, 6.45) is 2.08. The lowest BCUT2D eigenvalue weighted by Crippen LogP contribution is -2.34. The lowest BCUT2D eigenvalue weighted by molar-refractivity contribution is 0.511. The average Bonchev–Trinajstić information content (AvgIpc) is 2.33. The highest BCUT2D eigenvalue weighted by molar-refractivity contribution is 7.99. The molecular weight excluding hydrogens is 264 g/mol. The monoisotopic (exact) mass is 286 g/mol. The Kier molecular flexibility index (Phi) is 6.30. The van der Waals surface area contributed by atoms with Crippen LogP contribution in [0.5, 0.6) is 0 Å². The molecule has 0 aliphatic carbocycles. The zero-order valence-electron chi connectivity index (χ0n) is 11.9. The molecule has 108 valence electrons. The highest BCUT2D eigenvalue weighted by Crippen LogP contribution is 2.22. The van der Waals surface area contributed by atoms with Gasteiger partial charge in [0.2, 0.25) is 0 Å². The molecule has 0 aliphatic heterocycles. The number of rotatable bonds is 7. The number of H-pyrrole nitrogens is 1. The van der Waals surface area contributed by atoms with E-state index < -0.39 is 11.1 Å². The normalized spacial score (nSPS) is 14.3. The summed E-state index contributed by atoms with van der Waals surface area (Å²) in [5, 5.41) is 6.72. The molecule has 0 amide bonds. The molecule has 0 spiro atoms. The van der Waals surface area contributed by atoms with Gasteiger partial charge in [0.25, 0.3) is 0 Å². The molecule has 1 aromatic rings. The third-order valence-corrected chi connectivity index (χ3v) is 3.85. The molecule has 0 saturated carbocycles. The Morgan fingerprint density at radius 2 is 2.11 bits per heavy atom. The Labute approximate surface area is 117 Å². The largest absolute Gasteiger partial charge is 0.339 e. The van der Waals surface area contributed by atoms with Crippen molar-refractivity contribution >= 4 is 11.8 Å². The van der Waals surface area contributed by atoms with Gasteiger partial charge in [-0.05, 0) is 26.3 Å².